The van der Waals surface area contributed by atoms with Gasteiger partial charge in [-0.2, -0.15) is 0 Å². The highest BCUT2D eigenvalue weighted by atomic mass is 35.5. The molecule has 7 nitrogen and oxygen atoms in total. The molecule has 4 N–H and O–H groups in total. The summed E-state index contributed by atoms with van der Waals surface area (Å²) in [5.41, 5.74) is 10.1. The molecule has 0 fully saturated rings. The fraction of sp³-hybridized carbons (Fsp3) is 0.394. The first-order chi connectivity index (χ1) is 20.3. The maximum absolute atomic E-state index is 13.5. The van der Waals surface area contributed by atoms with Crippen LogP contribution in [-0.4, -0.2) is 54.9 Å². The zero-order valence-electron chi connectivity index (χ0n) is 24.0. The molecule has 0 bridgehead atoms. The first-order valence-electron chi connectivity index (χ1n) is 14.3. The van der Waals surface area contributed by atoms with Gasteiger partial charge >= 0.3 is 0 Å². The Balaban J connectivity index is 1.25. The zero-order valence-corrected chi connectivity index (χ0v) is 25.5. The van der Waals surface area contributed by atoms with E-state index in [1.165, 1.54) is 0 Å². The van der Waals surface area contributed by atoms with E-state index in [4.69, 9.17) is 33.7 Å². The zero-order chi connectivity index (χ0) is 30.0. The van der Waals surface area contributed by atoms with Crippen LogP contribution in [0, 0.1) is 6.92 Å². The van der Waals surface area contributed by atoms with E-state index in [2.05, 4.69) is 17.5 Å². The Morgan fingerprint density at radius 2 is 1.83 bits per heavy atom. The molecule has 0 saturated carbocycles. The molecule has 2 aliphatic rings. The van der Waals surface area contributed by atoms with Gasteiger partial charge in [0.05, 0.1) is 12.8 Å². The average Bonchev–Trinajstić information content (AvgIpc) is 3.37. The summed E-state index contributed by atoms with van der Waals surface area (Å²) >= 11 is 12.7. The molecule has 1 aliphatic carbocycles. The van der Waals surface area contributed by atoms with Crippen LogP contribution >= 0.6 is 23.2 Å². The molecule has 5 rings (SSSR count). The molecule has 1 aliphatic heterocycles. The summed E-state index contributed by atoms with van der Waals surface area (Å²) in [6, 6.07) is 10.6. The van der Waals surface area contributed by atoms with E-state index in [-0.39, 0.29) is 42.2 Å². The lowest BCUT2D eigenvalue weighted by atomic mass is 9.90. The number of halogens is 2. The number of benzene rings is 3. The third kappa shape index (κ3) is 5.83. The quantitative estimate of drug-likeness (QED) is 0.300. The molecule has 9 heteroatoms. The minimum Gasteiger partial charge on any atom is -0.507 e. The Labute approximate surface area is 255 Å². The number of hydrogen-bond donors (Lipinski definition) is 3. The maximum atomic E-state index is 13.5. The number of carbonyl (C=O) groups is 2. The lowest BCUT2D eigenvalue weighted by Crippen LogP contribution is -2.39. The number of amides is 2. The van der Waals surface area contributed by atoms with E-state index >= 15 is 0 Å². The molecular weight excluding hydrogens is 573 g/mol. The number of nitrogens with one attached hydrogen (secondary N) is 1. The predicted octanol–water partition coefficient (Wildman–Crippen LogP) is 4.13. The number of anilines is 1. The van der Waals surface area contributed by atoms with Crippen molar-refractivity contribution in [1.82, 2.24) is 5.32 Å². The fourth-order valence-corrected chi connectivity index (χ4v) is 6.93. The normalized spacial score (nSPS) is 17.1. The standard InChI is InChI=1S/C33H37Cl2N3O4/c1-19-11-28(39)23-7-3-5-9-25(23)32(19)20(15-34)17-37-30(40)12-22(36)13-31(41)38-18-21(16-35)33-26-10-6-4-8-24(26)29(42-2)14-27(33)38/h3,5,7-11,14,20-22,39H,4,6,12-13,15-18,36H2,1-2H3,(H,37,40). The Kier molecular flexibility index (Phi) is 9.31. The Morgan fingerprint density at radius 3 is 2.52 bits per heavy atom. The molecule has 3 unspecified atom stereocenters. The average molecular weight is 611 g/mol. The van der Waals surface area contributed by atoms with E-state index in [0.717, 1.165) is 62.2 Å². The smallest absolute Gasteiger partial charge is 0.228 e. The third-order valence-corrected chi connectivity index (χ3v) is 9.10. The lowest BCUT2D eigenvalue weighted by Gasteiger charge is -2.22. The topological polar surface area (TPSA) is 105 Å². The van der Waals surface area contributed by atoms with E-state index in [0.29, 0.717) is 24.8 Å². The summed E-state index contributed by atoms with van der Waals surface area (Å²) in [5.74, 6) is 1.11. The molecule has 3 aromatic carbocycles. The van der Waals surface area contributed by atoms with Crippen molar-refractivity contribution in [2.75, 3.05) is 36.9 Å². The van der Waals surface area contributed by atoms with Crippen molar-refractivity contribution < 1.29 is 19.4 Å². The molecule has 42 heavy (non-hydrogen) atoms. The number of alkyl halides is 2. The summed E-state index contributed by atoms with van der Waals surface area (Å²) in [7, 11) is 1.64. The number of nitrogens with two attached hydrogens (primary N) is 1. The first kappa shape index (κ1) is 30.2. The van der Waals surface area contributed by atoms with Gasteiger partial charge in [0.15, 0.2) is 0 Å². The van der Waals surface area contributed by atoms with Crippen LogP contribution in [0.5, 0.6) is 11.5 Å². The highest BCUT2D eigenvalue weighted by Gasteiger charge is 2.35. The number of rotatable bonds is 10. The third-order valence-electron chi connectivity index (χ3n) is 8.36. The van der Waals surface area contributed by atoms with Crippen LogP contribution in [0.25, 0.3) is 22.9 Å². The molecule has 3 atom stereocenters. The minimum atomic E-state index is -0.652. The van der Waals surface area contributed by atoms with Crippen LogP contribution in [-0.2, 0) is 9.59 Å². The van der Waals surface area contributed by atoms with Crippen molar-refractivity contribution in [3.8, 4) is 11.5 Å². The van der Waals surface area contributed by atoms with Crippen LogP contribution in [0.1, 0.15) is 54.2 Å². The van der Waals surface area contributed by atoms with Crippen molar-refractivity contribution in [3.05, 3.63) is 63.5 Å². The largest absolute Gasteiger partial charge is 0.507 e. The number of ether oxygens (including phenoxy) is 1. The van der Waals surface area contributed by atoms with Crippen molar-refractivity contribution >= 4 is 63.6 Å². The Hall–Kier alpha value is -3.26. The fourth-order valence-electron chi connectivity index (χ4n) is 6.42. The molecule has 0 saturated heterocycles. The molecule has 222 valence electrons. The van der Waals surface area contributed by atoms with Crippen LogP contribution in [0.4, 0.5) is 5.69 Å². The maximum Gasteiger partial charge on any atom is 0.228 e. The van der Waals surface area contributed by atoms with Gasteiger partial charge in [0.2, 0.25) is 11.8 Å². The number of hydrogen-bond acceptors (Lipinski definition) is 5. The van der Waals surface area contributed by atoms with Crippen molar-refractivity contribution in [3.63, 3.8) is 0 Å². The van der Waals surface area contributed by atoms with Crippen molar-refractivity contribution in [1.29, 1.82) is 0 Å². The summed E-state index contributed by atoms with van der Waals surface area (Å²) < 4.78 is 5.67. The molecule has 2 amide bonds. The van der Waals surface area contributed by atoms with Gasteiger partial charge in [-0.25, -0.2) is 0 Å². The minimum absolute atomic E-state index is 0.00588. The van der Waals surface area contributed by atoms with Gasteiger partial charge in [-0.05, 0) is 53.1 Å². The molecule has 1 heterocycles. The number of aryl methyl sites for hydroxylation is 1. The molecular formula is C33H37Cl2N3O4. The van der Waals surface area contributed by atoms with Crippen molar-refractivity contribution in [2.24, 2.45) is 5.73 Å². The number of aromatic hydroxyl groups is 1. The molecule has 3 aromatic rings. The molecule has 0 radical (unpaired) electrons. The monoisotopic (exact) mass is 609 g/mol. The number of methoxy groups -OCH3 is 1. The van der Waals surface area contributed by atoms with Gasteiger partial charge in [0.1, 0.15) is 11.5 Å². The highest BCUT2D eigenvalue weighted by molar-refractivity contribution is 6.19. The van der Waals surface area contributed by atoms with Crippen LogP contribution < -0.4 is 31.1 Å². The number of phenols is 1. The van der Waals surface area contributed by atoms with Gasteiger partial charge in [0, 0.05) is 72.2 Å². The number of phenolic OH excluding ortho intramolecular Hbond substituents is 1. The van der Waals surface area contributed by atoms with Gasteiger partial charge < -0.3 is 25.8 Å². The van der Waals surface area contributed by atoms with Crippen molar-refractivity contribution in [2.45, 2.75) is 50.5 Å². The summed E-state index contributed by atoms with van der Waals surface area (Å²) in [5, 5.41) is 17.2. The second kappa shape index (κ2) is 12.9. The molecule has 0 spiro atoms. The second-order valence-electron chi connectivity index (χ2n) is 11.2. The summed E-state index contributed by atoms with van der Waals surface area (Å²) in [6.45, 7) is 2.71. The lowest BCUT2D eigenvalue weighted by molar-refractivity contribution is -0.122. The van der Waals surface area contributed by atoms with E-state index in [9.17, 15) is 14.7 Å². The van der Waals surface area contributed by atoms with Gasteiger partial charge in [-0.3, -0.25) is 9.59 Å². The Bertz CT molecular complexity index is 1640. The van der Waals surface area contributed by atoms with E-state index in [1.54, 1.807) is 18.1 Å². The van der Waals surface area contributed by atoms with Gasteiger partial charge in [0.25, 0.3) is 0 Å². The van der Waals surface area contributed by atoms with Crippen LogP contribution in [0.15, 0.2) is 36.4 Å². The highest BCUT2D eigenvalue weighted by Crippen LogP contribution is 2.37. The number of carbonyl (C=O) groups excluding carboxylic acids is 2. The SMILES string of the molecule is COc1cc2c(c3c1=CCCC=3)C(CCl)CN2C(=O)CC(N)CC(=O)NCC(CCl)c1c(C)cc(O)c2ccccc12. The van der Waals surface area contributed by atoms with Gasteiger partial charge in [-0.15, -0.1) is 23.2 Å². The molecule has 0 aromatic heterocycles. The second-order valence-corrected chi connectivity index (χ2v) is 11.8. The summed E-state index contributed by atoms with van der Waals surface area (Å²) in [4.78, 5) is 28.1. The van der Waals surface area contributed by atoms with E-state index < -0.39 is 6.04 Å². The van der Waals surface area contributed by atoms with Crippen LogP contribution in [0.3, 0.4) is 0 Å². The number of nitrogens with zero attached hydrogens (tertiary/aromatic N) is 1. The predicted molar refractivity (Wildman–Crippen MR) is 170 cm³/mol. The number of fused-ring (bicyclic) bond motifs is 4. The van der Waals surface area contributed by atoms with E-state index in [1.807, 2.05) is 37.3 Å². The van der Waals surface area contributed by atoms with Crippen LogP contribution in [0.2, 0.25) is 0 Å². The van der Waals surface area contributed by atoms with Gasteiger partial charge in [-0.1, -0.05) is 36.4 Å². The summed E-state index contributed by atoms with van der Waals surface area (Å²) in [6.07, 6.45) is 6.30. The Morgan fingerprint density at radius 1 is 1.12 bits per heavy atom. The first-order valence-corrected chi connectivity index (χ1v) is 15.4.